The topological polar surface area (TPSA) is 28.7 Å². The second-order valence-electron chi connectivity index (χ2n) is 1.93. The van der Waals surface area contributed by atoms with Gasteiger partial charge in [0.25, 0.3) is 0 Å². The van der Waals surface area contributed by atoms with Gasteiger partial charge in [0, 0.05) is 10.9 Å². The van der Waals surface area contributed by atoms with Gasteiger partial charge in [-0.3, -0.25) is 5.10 Å². The Kier molecular flexibility index (Phi) is 1.85. The predicted octanol–water partition coefficient (Wildman–Crippen LogP) is 2.93. The second-order valence-corrected chi connectivity index (χ2v) is 4.38. The number of hydrogen-bond donors (Lipinski definition) is 1. The van der Waals surface area contributed by atoms with Crippen LogP contribution in [0.1, 0.15) is 0 Å². The number of H-pyrrole nitrogens is 1. The van der Waals surface area contributed by atoms with Crippen molar-refractivity contribution >= 4 is 34.9 Å². The Morgan fingerprint density at radius 2 is 2.45 bits per heavy atom. The fourth-order valence-electron chi connectivity index (χ4n) is 0.739. The molecule has 5 heteroatoms. The summed E-state index contributed by atoms with van der Waals surface area (Å²) in [6.45, 7) is 0. The number of hydrogen-bond acceptors (Lipinski definition) is 4. The van der Waals surface area contributed by atoms with Crippen LogP contribution in [-0.4, -0.2) is 10.2 Å². The van der Waals surface area contributed by atoms with Gasteiger partial charge in [-0.2, -0.15) is 16.4 Å². The summed E-state index contributed by atoms with van der Waals surface area (Å²) >= 11 is 8.07. The van der Waals surface area contributed by atoms with Crippen molar-refractivity contribution in [2.75, 3.05) is 0 Å². The zero-order chi connectivity index (χ0) is 7.68. The molecule has 0 bridgehead atoms. The summed E-state index contributed by atoms with van der Waals surface area (Å²) in [6.07, 6.45) is 0. The van der Waals surface area contributed by atoms with E-state index < -0.39 is 0 Å². The number of rotatable bonds is 1. The van der Waals surface area contributed by atoms with Gasteiger partial charge in [0.1, 0.15) is 5.01 Å². The third-order valence-corrected chi connectivity index (χ3v) is 3.03. The molecule has 0 unspecified atom stereocenters. The Bertz CT molecular complexity index is 384. The Hall–Kier alpha value is -0.520. The Balaban J connectivity index is 2.53. The summed E-state index contributed by atoms with van der Waals surface area (Å²) in [7, 11) is 0. The predicted molar refractivity (Wildman–Crippen MR) is 50.6 cm³/mol. The molecular weight excluding hydrogens is 196 g/mol. The van der Waals surface area contributed by atoms with Gasteiger partial charge < -0.3 is 0 Å². The zero-order valence-electron chi connectivity index (χ0n) is 5.40. The maximum atomic E-state index is 4.91. The third-order valence-electron chi connectivity index (χ3n) is 1.21. The fourth-order valence-corrected chi connectivity index (χ4v) is 2.34. The lowest BCUT2D eigenvalue weighted by molar-refractivity contribution is 1.08. The van der Waals surface area contributed by atoms with E-state index >= 15 is 0 Å². The molecule has 1 N–H and O–H groups in total. The lowest BCUT2D eigenvalue weighted by Crippen LogP contribution is -1.69. The van der Waals surface area contributed by atoms with E-state index in [0.717, 1.165) is 14.5 Å². The highest BCUT2D eigenvalue weighted by Gasteiger charge is 2.00. The quantitative estimate of drug-likeness (QED) is 0.717. The minimum Gasteiger partial charge on any atom is -0.258 e. The third kappa shape index (κ3) is 1.40. The van der Waals surface area contributed by atoms with Gasteiger partial charge >= 0.3 is 0 Å². The zero-order valence-corrected chi connectivity index (χ0v) is 7.85. The van der Waals surface area contributed by atoms with Gasteiger partial charge in [0.15, 0.2) is 3.95 Å². The highest BCUT2D eigenvalue weighted by atomic mass is 32.1. The molecule has 2 aromatic heterocycles. The summed E-state index contributed by atoms with van der Waals surface area (Å²) in [5, 5.41) is 11.9. The molecule has 0 saturated heterocycles. The monoisotopic (exact) mass is 200 g/mol. The van der Waals surface area contributed by atoms with Crippen molar-refractivity contribution < 1.29 is 0 Å². The Morgan fingerprint density at radius 3 is 3.00 bits per heavy atom. The van der Waals surface area contributed by atoms with Crippen molar-refractivity contribution in [1.82, 2.24) is 10.2 Å². The van der Waals surface area contributed by atoms with Crippen LogP contribution >= 0.6 is 34.9 Å². The van der Waals surface area contributed by atoms with Crippen LogP contribution in [0.3, 0.4) is 0 Å². The fraction of sp³-hybridized carbons (Fsp3) is 0. The lowest BCUT2D eigenvalue weighted by Gasteiger charge is -1.82. The van der Waals surface area contributed by atoms with E-state index in [-0.39, 0.29) is 0 Å². The van der Waals surface area contributed by atoms with E-state index in [9.17, 15) is 0 Å². The van der Waals surface area contributed by atoms with Gasteiger partial charge in [0.05, 0.1) is 0 Å². The molecule has 0 aliphatic rings. The molecule has 11 heavy (non-hydrogen) atoms. The van der Waals surface area contributed by atoms with Crippen LogP contribution in [-0.2, 0) is 0 Å². The maximum absolute atomic E-state index is 4.91. The smallest absolute Gasteiger partial charge is 0.176 e. The second kappa shape index (κ2) is 2.84. The Morgan fingerprint density at radius 1 is 1.55 bits per heavy atom. The number of aromatic amines is 1. The summed E-state index contributed by atoms with van der Waals surface area (Å²) < 4.78 is 0.728. The van der Waals surface area contributed by atoms with Crippen LogP contribution < -0.4 is 0 Å². The highest BCUT2D eigenvalue weighted by molar-refractivity contribution is 7.73. The van der Waals surface area contributed by atoms with Crippen LogP contribution in [0, 0.1) is 3.95 Å². The van der Waals surface area contributed by atoms with Crippen molar-refractivity contribution in [3.05, 3.63) is 20.8 Å². The highest BCUT2D eigenvalue weighted by Crippen LogP contribution is 2.23. The van der Waals surface area contributed by atoms with Crippen LogP contribution in [0.4, 0.5) is 0 Å². The van der Waals surface area contributed by atoms with Gasteiger partial charge in [-0.05, 0) is 23.7 Å². The molecule has 2 nitrogen and oxygen atoms in total. The lowest BCUT2D eigenvalue weighted by atomic mass is 10.4. The van der Waals surface area contributed by atoms with E-state index in [4.69, 9.17) is 12.2 Å². The summed E-state index contributed by atoms with van der Waals surface area (Å²) in [5.74, 6) is 0. The molecule has 0 amide bonds. The van der Waals surface area contributed by atoms with Gasteiger partial charge in [-0.25, -0.2) is 0 Å². The molecule has 0 aliphatic carbocycles. The Labute approximate surface area is 76.5 Å². The summed E-state index contributed by atoms with van der Waals surface area (Å²) in [4.78, 5) is 0. The first kappa shape index (κ1) is 7.15. The summed E-state index contributed by atoms with van der Waals surface area (Å²) in [6, 6.07) is 2.03. The molecular formula is C6H4N2S3. The molecule has 56 valence electrons. The molecule has 0 spiro atoms. The van der Waals surface area contributed by atoms with Gasteiger partial charge in [-0.1, -0.05) is 11.3 Å². The van der Waals surface area contributed by atoms with E-state index in [2.05, 4.69) is 15.6 Å². The van der Waals surface area contributed by atoms with Crippen LogP contribution in [0.25, 0.3) is 10.6 Å². The molecule has 0 aliphatic heterocycles. The summed E-state index contributed by atoms with van der Waals surface area (Å²) in [5.41, 5.74) is 1.15. The van der Waals surface area contributed by atoms with E-state index in [0.29, 0.717) is 0 Å². The standard InChI is InChI=1S/C6H4N2S3/c9-6-8-7-5(11-6)4-1-2-10-3-4/h1-3H,(H,8,9). The first-order valence-electron chi connectivity index (χ1n) is 2.94. The van der Waals surface area contributed by atoms with Crippen molar-refractivity contribution in [3.63, 3.8) is 0 Å². The van der Waals surface area contributed by atoms with E-state index in [1.807, 2.05) is 11.4 Å². The molecule has 2 heterocycles. The molecule has 0 aromatic carbocycles. The van der Waals surface area contributed by atoms with Gasteiger partial charge in [-0.15, -0.1) is 0 Å². The molecule has 0 radical (unpaired) electrons. The number of aromatic nitrogens is 2. The molecule has 0 atom stereocenters. The SMILES string of the molecule is S=c1[nH]nc(-c2ccsc2)s1. The van der Waals surface area contributed by atoms with Crippen LogP contribution in [0.5, 0.6) is 0 Å². The normalized spacial score (nSPS) is 10.2. The average molecular weight is 200 g/mol. The van der Waals surface area contributed by atoms with Crippen LogP contribution in [0.2, 0.25) is 0 Å². The maximum Gasteiger partial charge on any atom is 0.176 e. The van der Waals surface area contributed by atoms with Crippen LogP contribution in [0.15, 0.2) is 16.8 Å². The largest absolute Gasteiger partial charge is 0.258 e. The molecule has 0 fully saturated rings. The number of nitrogens with zero attached hydrogens (tertiary/aromatic N) is 1. The minimum absolute atomic E-state index is 0.728. The molecule has 2 aromatic rings. The van der Waals surface area contributed by atoms with Crippen molar-refractivity contribution in [2.45, 2.75) is 0 Å². The first-order chi connectivity index (χ1) is 5.36. The first-order valence-corrected chi connectivity index (χ1v) is 5.11. The number of nitrogens with one attached hydrogen (secondary N) is 1. The van der Waals surface area contributed by atoms with Gasteiger partial charge in [0.2, 0.25) is 0 Å². The number of thiophene rings is 1. The van der Waals surface area contributed by atoms with Crippen molar-refractivity contribution in [3.8, 4) is 10.6 Å². The van der Waals surface area contributed by atoms with E-state index in [1.165, 1.54) is 11.3 Å². The average Bonchev–Trinajstić information content (AvgIpc) is 2.55. The van der Waals surface area contributed by atoms with Crippen molar-refractivity contribution in [2.24, 2.45) is 0 Å². The minimum atomic E-state index is 0.728. The van der Waals surface area contributed by atoms with Crippen molar-refractivity contribution in [1.29, 1.82) is 0 Å². The molecule has 2 rings (SSSR count). The van der Waals surface area contributed by atoms with E-state index in [1.54, 1.807) is 11.3 Å². The molecule has 0 saturated carbocycles.